The first-order chi connectivity index (χ1) is 7.54. The fourth-order valence-corrected chi connectivity index (χ4v) is 2.14. The van der Waals surface area contributed by atoms with Crippen molar-refractivity contribution in [3.63, 3.8) is 0 Å². The van der Waals surface area contributed by atoms with E-state index in [9.17, 15) is 0 Å². The molecule has 0 saturated heterocycles. The minimum absolute atomic E-state index is 0.510. The van der Waals surface area contributed by atoms with Crippen molar-refractivity contribution in [3.05, 3.63) is 5.82 Å². The highest BCUT2D eigenvalue weighted by Gasteiger charge is 2.11. The summed E-state index contributed by atoms with van der Waals surface area (Å²) in [5.74, 6) is 0.963. The molecule has 0 aliphatic heterocycles. The number of hydrogen-bond acceptors (Lipinski definition) is 4. The van der Waals surface area contributed by atoms with Crippen molar-refractivity contribution < 1.29 is 0 Å². The molecule has 2 unspecified atom stereocenters. The number of thioether (sulfide) groups is 1. The minimum Gasteiger partial charge on any atom is -0.313 e. The molecule has 16 heavy (non-hydrogen) atoms. The van der Waals surface area contributed by atoms with Gasteiger partial charge in [0.05, 0.1) is 0 Å². The van der Waals surface area contributed by atoms with Gasteiger partial charge in [-0.3, -0.25) is 0 Å². The van der Waals surface area contributed by atoms with Crippen LogP contribution in [0.25, 0.3) is 0 Å². The van der Waals surface area contributed by atoms with Crippen molar-refractivity contribution in [1.29, 1.82) is 0 Å². The third kappa shape index (κ3) is 3.79. The molecular formula is C11H22N4S. The molecule has 1 N–H and O–H groups in total. The molecule has 0 bridgehead atoms. The molecule has 2 atom stereocenters. The molecular weight excluding hydrogens is 220 g/mol. The van der Waals surface area contributed by atoms with E-state index in [4.69, 9.17) is 0 Å². The number of aromatic nitrogens is 3. The highest BCUT2D eigenvalue weighted by molar-refractivity contribution is 7.99. The minimum atomic E-state index is 0.510. The van der Waals surface area contributed by atoms with Crippen molar-refractivity contribution >= 4 is 11.8 Å². The summed E-state index contributed by atoms with van der Waals surface area (Å²) in [6.07, 6.45) is 1.17. The number of nitrogens with zero attached hydrogens (tertiary/aromatic N) is 3. The van der Waals surface area contributed by atoms with Gasteiger partial charge < -0.3 is 9.88 Å². The van der Waals surface area contributed by atoms with Crippen molar-refractivity contribution in [2.45, 2.75) is 50.6 Å². The van der Waals surface area contributed by atoms with E-state index in [0.717, 1.165) is 17.5 Å². The summed E-state index contributed by atoms with van der Waals surface area (Å²) >= 11 is 1.77. The Balaban J connectivity index is 2.39. The van der Waals surface area contributed by atoms with Gasteiger partial charge in [-0.05, 0) is 20.3 Å². The largest absolute Gasteiger partial charge is 0.313 e. The van der Waals surface area contributed by atoms with Gasteiger partial charge in [0.2, 0.25) is 0 Å². The Hall–Kier alpha value is -0.550. The van der Waals surface area contributed by atoms with Crippen LogP contribution in [-0.2, 0) is 7.05 Å². The predicted molar refractivity (Wildman–Crippen MR) is 68.8 cm³/mol. The maximum atomic E-state index is 4.15. The number of aryl methyl sites for hydroxylation is 1. The second kappa shape index (κ2) is 6.25. The van der Waals surface area contributed by atoms with E-state index in [0.29, 0.717) is 11.3 Å². The lowest BCUT2D eigenvalue weighted by Gasteiger charge is -2.15. The van der Waals surface area contributed by atoms with E-state index in [1.807, 2.05) is 18.5 Å². The lowest BCUT2D eigenvalue weighted by Crippen LogP contribution is -2.30. The maximum Gasteiger partial charge on any atom is 0.191 e. The summed E-state index contributed by atoms with van der Waals surface area (Å²) in [4.78, 5) is 0. The molecule has 1 heterocycles. The molecule has 0 saturated carbocycles. The van der Waals surface area contributed by atoms with Crippen LogP contribution in [0.2, 0.25) is 0 Å². The van der Waals surface area contributed by atoms with Crippen LogP contribution in [-0.4, -0.2) is 32.6 Å². The van der Waals surface area contributed by atoms with Crippen LogP contribution < -0.4 is 5.32 Å². The van der Waals surface area contributed by atoms with Crippen LogP contribution in [0.1, 0.15) is 33.0 Å². The van der Waals surface area contributed by atoms with Gasteiger partial charge in [-0.2, -0.15) is 0 Å². The van der Waals surface area contributed by atoms with Crippen LogP contribution in [0.4, 0.5) is 0 Å². The van der Waals surface area contributed by atoms with Gasteiger partial charge in [0.25, 0.3) is 0 Å². The van der Waals surface area contributed by atoms with Gasteiger partial charge in [-0.1, -0.05) is 25.6 Å². The highest BCUT2D eigenvalue weighted by atomic mass is 32.2. The average Bonchev–Trinajstić information content (AvgIpc) is 2.57. The van der Waals surface area contributed by atoms with Gasteiger partial charge in [0, 0.05) is 24.9 Å². The molecule has 5 heteroatoms. The summed E-state index contributed by atoms with van der Waals surface area (Å²) in [5.41, 5.74) is 0. The lowest BCUT2D eigenvalue weighted by molar-refractivity contribution is 0.536. The van der Waals surface area contributed by atoms with Gasteiger partial charge in [0.1, 0.15) is 5.82 Å². The quantitative estimate of drug-likeness (QED) is 0.775. The second-order valence-electron chi connectivity index (χ2n) is 4.23. The Morgan fingerprint density at radius 1 is 1.38 bits per heavy atom. The second-order valence-corrected chi connectivity index (χ2v) is 5.64. The number of nitrogens with one attached hydrogen (secondary N) is 1. The summed E-state index contributed by atoms with van der Waals surface area (Å²) in [6, 6.07) is 0.587. The van der Waals surface area contributed by atoms with Gasteiger partial charge in [-0.15, -0.1) is 10.2 Å². The normalized spacial score (nSPS) is 15.1. The molecule has 1 aromatic heterocycles. The molecule has 1 rings (SSSR count). The SMILES string of the molecule is CCC(C)NCC(C)Sc1nnc(C)n1C. The Morgan fingerprint density at radius 3 is 2.56 bits per heavy atom. The van der Waals surface area contributed by atoms with Crippen LogP contribution >= 0.6 is 11.8 Å². The third-order valence-electron chi connectivity index (χ3n) is 2.73. The fraction of sp³-hybridized carbons (Fsp3) is 0.818. The van der Waals surface area contributed by atoms with E-state index in [1.165, 1.54) is 6.42 Å². The Kier molecular flexibility index (Phi) is 5.28. The molecule has 0 radical (unpaired) electrons. The molecule has 0 aliphatic carbocycles. The zero-order chi connectivity index (χ0) is 12.1. The first-order valence-corrected chi connectivity index (χ1v) is 6.68. The van der Waals surface area contributed by atoms with Crippen molar-refractivity contribution in [3.8, 4) is 0 Å². The first-order valence-electron chi connectivity index (χ1n) is 5.80. The predicted octanol–water partition coefficient (Wildman–Crippen LogP) is 1.99. The summed E-state index contributed by atoms with van der Waals surface area (Å²) in [7, 11) is 2.01. The smallest absolute Gasteiger partial charge is 0.191 e. The molecule has 92 valence electrons. The molecule has 1 aromatic rings. The summed E-state index contributed by atoms with van der Waals surface area (Å²) < 4.78 is 2.03. The van der Waals surface area contributed by atoms with Gasteiger partial charge in [-0.25, -0.2) is 0 Å². The van der Waals surface area contributed by atoms with Crippen LogP contribution in [0, 0.1) is 6.92 Å². The Labute approximate surface area is 102 Å². The third-order valence-corrected chi connectivity index (χ3v) is 3.86. The number of hydrogen-bond donors (Lipinski definition) is 1. The van der Waals surface area contributed by atoms with Crippen LogP contribution in [0.3, 0.4) is 0 Å². The average molecular weight is 242 g/mol. The fourth-order valence-electron chi connectivity index (χ4n) is 1.22. The number of rotatable bonds is 6. The first kappa shape index (κ1) is 13.5. The topological polar surface area (TPSA) is 42.7 Å². The Bertz CT molecular complexity index is 324. The Morgan fingerprint density at radius 2 is 2.06 bits per heavy atom. The van der Waals surface area contributed by atoms with E-state index < -0.39 is 0 Å². The lowest BCUT2D eigenvalue weighted by atomic mass is 10.2. The molecule has 0 aromatic carbocycles. The zero-order valence-corrected chi connectivity index (χ0v) is 11.6. The molecule has 0 fully saturated rings. The maximum absolute atomic E-state index is 4.15. The monoisotopic (exact) mass is 242 g/mol. The highest BCUT2D eigenvalue weighted by Crippen LogP contribution is 2.20. The van der Waals surface area contributed by atoms with E-state index in [1.54, 1.807) is 11.8 Å². The van der Waals surface area contributed by atoms with E-state index >= 15 is 0 Å². The molecule has 4 nitrogen and oxygen atoms in total. The van der Waals surface area contributed by atoms with E-state index in [-0.39, 0.29) is 0 Å². The van der Waals surface area contributed by atoms with Gasteiger partial charge >= 0.3 is 0 Å². The van der Waals surface area contributed by atoms with Crippen molar-refractivity contribution in [1.82, 2.24) is 20.1 Å². The van der Waals surface area contributed by atoms with Crippen LogP contribution in [0.5, 0.6) is 0 Å². The van der Waals surface area contributed by atoms with E-state index in [2.05, 4.69) is 36.3 Å². The molecule has 0 spiro atoms. The summed E-state index contributed by atoms with van der Waals surface area (Å²) in [5, 5.41) is 13.2. The zero-order valence-electron chi connectivity index (χ0n) is 10.8. The standard InChI is InChI=1S/C11H22N4S/c1-6-8(2)12-7-9(3)16-11-14-13-10(4)15(11)5/h8-9,12H,6-7H2,1-5H3. The van der Waals surface area contributed by atoms with Crippen LogP contribution in [0.15, 0.2) is 5.16 Å². The summed E-state index contributed by atoms with van der Waals surface area (Å²) in [6.45, 7) is 9.60. The van der Waals surface area contributed by atoms with Crippen molar-refractivity contribution in [2.24, 2.45) is 7.05 Å². The van der Waals surface area contributed by atoms with Crippen molar-refractivity contribution in [2.75, 3.05) is 6.54 Å². The van der Waals surface area contributed by atoms with Gasteiger partial charge in [0.15, 0.2) is 5.16 Å². The molecule has 0 aliphatic rings. The molecule has 0 amide bonds.